The Hall–Kier alpha value is -2.57. The molecule has 2 aliphatic heterocycles. The SMILES string of the molecule is CC/C=C\C/C=C\C/C=C\C/C=C\C/C=C\CCCCCCCCCC(=O)OC(COCCCCCCCC/C=C\CCCCCCCCC)COC1OC(COC2OC(CO)C(O)C(O)C2O)C(O)C(O)C1O. The van der Waals surface area contributed by atoms with Crippen molar-refractivity contribution < 1.29 is 69.0 Å². The van der Waals surface area contributed by atoms with Gasteiger partial charge in [0, 0.05) is 13.0 Å². The minimum Gasteiger partial charge on any atom is -0.457 e. The van der Waals surface area contributed by atoms with Gasteiger partial charge in [-0.05, 0) is 83.5 Å². The first-order chi connectivity index (χ1) is 36.1. The normalized spacial score (nSPS) is 25.3. The molecule has 74 heavy (non-hydrogen) atoms. The van der Waals surface area contributed by atoms with Gasteiger partial charge in [-0.1, -0.05) is 183 Å². The van der Waals surface area contributed by atoms with Crippen LogP contribution in [0.15, 0.2) is 72.9 Å². The second-order valence-electron chi connectivity index (χ2n) is 20.1. The number of aliphatic hydroxyl groups is 7. The van der Waals surface area contributed by atoms with E-state index in [1.165, 1.54) is 83.5 Å². The van der Waals surface area contributed by atoms with Crippen LogP contribution in [-0.2, 0) is 33.2 Å². The fourth-order valence-corrected chi connectivity index (χ4v) is 8.78. The van der Waals surface area contributed by atoms with Crippen molar-refractivity contribution in [1.29, 1.82) is 0 Å². The van der Waals surface area contributed by atoms with Crippen molar-refractivity contribution in [2.24, 2.45) is 0 Å². The summed E-state index contributed by atoms with van der Waals surface area (Å²) >= 11 is 0. The molecule has 2 heterocycles. The highest BCUT2D eigenvalue weighted by atomic mass is 16.7. The number of unbranched alkanes of at least 4 members (excludes halogenated alkanes) is 20. The van der Waals surface area contributed by atoms with Gasteiger partial charge < -0.3 is 64.2 Å². The van der Waals surface area contributed by atoms with Crippen molar-refractivity contribution in [3.8, 4) is 0 Å². The van der Waals surface area contributed by atoms with Crippen molar-refractivity contribution in [1.82, 2.24) is 0 Å². The van der Waals surface area contributed by atoms with Crippen LogP contribution < -0.4 is 0 Å². The minimum absolute atomic E-state index is 0.0498. The van der Waals surface area contributed by atoms with Crippen molar-refractivity contribution in [3.63, 3.8) is 0 Å². The van der Waals surface area contributed by atoms with Crippen LogP contribution in [0.5, 0.6) is 0 Å². The summed E-state index contributed by atoms with van der Waals surface area (Å²) in [6.07, 6.45) is 42.4. The van der Waals surface area contributed by atoms with Gasteiger partial charge in [0.1, 0.15) is 54.9 Å². The van der Waals surface area contributed by atoms with Gasteiger partial charge in [-0.2, -0.15) is 0 Å². The summed E-state index contributed by atoms with van der Waals surface area (Å²) in [6, 6.07) is 0. The van der Waals surface area contributed by atoms with Crippen LogP contribution >= 0.6 is 0 Å². The lowest BCUT2D eigenvalue weighted by Crippen LogP contribution is -2.61. The highest BCUT2D eigenvalue weighted by Gasteiger charge is 2.47. The molecule has 2 rings (SSSR count). The van der Waals surface area contributed by atoms with Gasteiger partial charge in [-0.3, -0.25) is 4.79 Å². The molecule has 7 N–H and O–H groups in total. The van der Waals surface area contributed by atoms with Crippen molar-refractivity contribution in [2.75, 3.05) is 33.0 Å². The molecule has 0 amide bonds. The second kappa shape index (κ2) is 46.5. The summed E-state index contributed by atoms with van der Waals surface area (Å²) in [4.78, 5) is 13.1. The molecule has 14 nitrogen and oxygen atoms in total. The Morgan fingerprint density at radius 2 is 0.878 bits per heavy atom. The zero-order valence-corrected chi connectivity index (χ0v) is 45.8. The first kappa shape index (κ1) is 67.5. The summed E-state index contributed by atoms with van der Waals surface area (Å²) in [5.41, 5.74) is 0. The third-order valence-corrected chi connectivity index (χ3v) is 13.4. The van der Waals surface area contributed by atoms with Crippen molar-refractivity contribution in [2.45, 2.75) is 268 Å². The van der Waals surface area contributed by atoms with E-state index in [0.29, 0.717) is 13.0 Å². The third kappa shape index (κ3) is 32.9. The smallest absolute Gasteiger partial charge is 0.306 e. The van der Waals surface area contributed by atoms with Gasteiger partial charge in [0.15, 0.2) is 12.6 Å². The number of ether oxygens (including phenoxy) is 6. The van der Waals surface area contributed by atoms with Gasteiger partial charge in [0.2, 0.25) is 0 Å². The first-order valence-corrected chi connectivity index (χ1v) is 29.0. The van der Waals surface area contributed by atoms with Crippen LogP contribution in [0.1, 0.15) is 200 Å². The largest absolute Gasteiger partial charge is 0.457 e. The van der Waals surface area contributed by atoms with Gasteiger partial charge >= 0.3 is 5.97 Å². The summed E-state index contributed by atoms with van der Waals surface area (Å²) in [5.74, 6) is -0.390. The highest BCUT2D eigenvalue weighted by molar-refractivity contribution is 5.69. The molecule has 0 bridgehead atoms. The molecule has 0 radical (unpaired) electrons. The summed E-state index contributed by atoms with van der Waals surface area (Å²) < 4.78 is 34.4. The average Bonchev–Trinajstić information content (AvgIpc) is 3.40. The highest BCUT2D eigenvalue weighted by Crippen LogP contribution is 2.26. The number of rotatable bonds is 46. The van der Waals surface area contributed by atoms with Crippen LogP contribution in [0.2, 0.25) is 0 Å². The molecule has 11 atom stereocenters. The molecule has 14 heteroatoms. The van der Waals surface area contributed by atoms with Crippen LogP contribution in [0.3, 0.4) is 0 Å². The molecule has 2 aliphatic rings. The number of hydrogen-bond acceptors (Lipinski definition) is 14. The van der Waals surface area contributed by atoms with E-state index in [4.69, 9.17) is 28.4 Å². The lowest BCUT2D eigenvalue weighted by molar-refractivity contribution is -0.332. The summed E-state index contributed by atoms with van der Waals surface area (Å²) in [7, 11) is 0. The minimum atomic E-state index is -1.71. The van der Waals surface area contributed by atoms with Gasteiger partial charge in [0.25, 0.3) is 0 Å². The number of aliphatic hydroxyl groups excluding tert-OH is 7. The molecule has 0 aromatic carbocycles. The zero-order chi connectivity index (χ0) is 53.7. The maximum Gasteiger partial charge on any atom is 0.306 e. The van der Waals surface area contributed by atoms with E-state index in [-0.39, 0.29) is 19.6 Å². The predicted molar refractivity (Wildman–Crippen MR) is 293 cm³/mol. The van der Waals surface area contributed by atoms with Gasteiger partial charge in [0.05, 0.1) is 26.4 Å². The van der Waals surface area contributed by atoms with Crippen LogP contribution in [0, 0.1) is 0 Å². The molecule has 428 valence electrons. The van der Waals surface area contributed by atoms with Gasteiger partial charge in [-0.25, -0.2) is 0 Å². The Labute approximate surface area is 447 Å². The van der Waals surface area contributed by atoms with E-state index < -0.39 is 86.7 Å². The van der Waals surface area contributed by atoms with Crippen LogP contribution in [0.25, 0.3) is 0 Å². The molecular weight excluding hydrogens is 945 g/mol. The summed E-state index contributed by atoms with van der Waals surface area (Å²) in [5, 5.41) is 72.3. The second-order valence-corrected chi connectivity index (χ2v) is 20.1. The molecule has 0 aliphatic carbocycles. The lowest BCUT2D eigenvalue weighted by Gasteiger charge is -2.42. The molecular formula is C60H104O14. The maximum absolute atomic E-state index is 13.1. The topological polar surface area (TPSA) is 214 Å². The van der Waals surface area contributed by atoms with Crippen LogP contribution in [-0.4, -0.2) is 142 Å². The number of allylic oxidation sites excluding steroid dienone is 12. The van der Waals surface area contributed by atoms with Crippen molar-refractivity contribution in [3.05, 3.63) is 72.9 Å². The quantitative estimate of drug-likeness (QED) is 0.0172. The number of carbonyl (C=O) groups excluding carboxylic acids is 1. The molecule has 0 aromatic heterocycles. The van der Waals surface area contributed by atoms with Crippen molar-refractivity contribution >= 4 is 5.97 Å². The van der Waals surface area contributed by atoms with E-state index in [9.17, 15) is 40.5 Å². The molecule has 2 saturated heterocycles. The Morgan fingerprint density at radius 3 is 1.39 bits per heavy atom. The molecule has 2 fully saturated rings. The van der Waals surface area contributed by atoms with Gasteiger partial charge in [-0.15, -0.1) is 0 Å². The Morgan fingerprint density at radius 1 is 0.459 bits per heavy atom. The standard InChI is InChI=1S/C60H104O14/c1-3-5-7-9-11-13-15-17-19-21-22-23-24-25-26-27-29-31-33-35-37-39-41-43-52(62)72-49(46-69-44-42-40-38-36-34-32-30-28-20-18-16-14-12-10-8-6-4-2)47-70-59-58(68)56(66)54(64)51(74-59)48-71-60-57(67)55(65)53(63)50(45-61)73-60/h5,7,11,13,17,19-20,22-23,25-26,28,49-51,53-61,63-68H,3-4,6,8-10,12,14-16,18,21,24,27,29-48H2,1-2H3/b7-5-,13-11-,19-17-,23-22-,26-25-,28-20-. The Balaban J connectivity index is 1.73. The predicted octanol–water partition coefficient (Wildman–Crippen LogP) is 10.2. The summed E-state index contributed by atoms with van der Waals surface area (Å²) in [6.45, 7) is 3.55. The zero-order valence-electron chi connectivity index (χ0n) is 45.8. The van der Waals surface area contributed by atoms with E-state index >= 15 is 0 Å². The third-order valence-electron chi connectivity index (χ3n) is 13.4. The molecule has 0 spiro atoms. The van der Waals surface area contributed by atoms with Crippen LogP contribution in [0.4, 0.5) is 0 Å². The fraction of sp³-hybridized carbons (Fsp3) is 0.783. The first-order valence-electron chi connectivity index (χ1n) is 29.0. The monoisotopic (exact) mass is 1050 g/mol. The Kier molecular flexibility index (Phi) is 42.5. The number of hydrogen-bond donors (Lipinski definition) is 7. The lowest BCUT2D eigenvalue weighted by atomic mass is 9.98. The maximum atomic E-state index is 13.1. The number of esters is 1. The Bertz CT molecular complexity index is 1500. The van der Waals surface area contributed by atoms with E-state index in [1.807, 2.05) is 0 Å². The number of carbonyl (C=O) groups is 1. The average molecular weight is 1050 g/mol. The van der Waals surface area contributed by atoms with E-state index in [0.717, 1.165) is 89.9 Å². The molecule has 0 aromatic rings. The van der Waals surface area contributed by atoms with E-state index in [1.54, 1.807) is 0 Å². The van der Waals surface area contributed by atoms with E-state index in [2.05, 4.69) is 86.8 Å². The fourth-order valence-electron chi connectivity index (χ4n) is 8.78. The molecule has 11 unspecified atom stereocenters. The molecule has 0 saturated carbocycles.